The second-order valence-corrected chi connectivity index (χ2v) is 6.29. The second-order valence-electron chi connectivity index (χ2n) is 6.29. The molecule has 0 aliphatic heterocycles. The topological polar surface area (TPSA) is 93.1 Å². The van der Waals surface area contributed by atoms with Crippen LogP contribution in [-0.2, 0) is 19.1 Å². The van der Waals surface area contributed by atoms with Crippen molar-refractivity contribution in [1.82, 2.24) is 4.90 Å². The smallest absolute Gasteiger partial charge is 0.410 e. The minimum absolute atomic E-state index is 0.00369. The van der Waals surface area contributed by atoms with Crippen molar-refractivity contribution in [1.29, 1.82) is 0 Å². The van der Waals surface area contributed by atoms with Crippen LogP contribution in [0.1, 0.15) is 40.5 Å². The Hall–Kier alpha value is -1.79. The molecule has 0 spiro atoms. The van der Waals surface area contributed by atoms with E-state index in [4.69, 9.17) is 14.6 Å². The molecule has 7 nitrogen and oxygen atoms in total. The predicted octanol–water partition coefficient (Wildman–Crippen LogP) is 1.65. The van der Waals surface area contributed by atoms with Crippen molar-refractivity contribution in [2.75, 3.05) is 7.05 Å². The first-order valence-corrected chi connectivity index (χ1v) is 6.92. The van der Waals surface area contributed by atoms with Crippen molar-refractivity contribution >= 4 is 18.0 Å². The number of hydrogen-bond donors (Lipinski definition) is 1. The van der Waals surface area contributed by atoms with Gasteiger partial charge >= 0.3 is 18.0 Å². The van der Waals surface area contributed by atoms with Crippen LogP contribution in [0.15, 0.2) is 0 Å². The van der Waals surface area contributed by atoms with Gasteiger partial charge in [0.2, 0.25) is 0 Å². The molecule has 0 unspecified atom stereocenters. The standard InChI is InChI=1S/C14H23NO6/c1-8(11(16)17)20-12(18)10(9-6-7-9)15(5)13(19)21-14(2,3)4/h8-10H,6-7H2,1-5H3,(H,16,17)/t8-,10+/m1/s1. The maximum absolute atomic E-state index is 12.1. The first-order valence-electron chi connectivity index (χ1n) is 6.92. The SMILES string of the molecule is C[C@@H](OC(=O)[C@H](C1CC1)N(C)C(=O)OC(C)(C)C)C(=O)O. The van der Waals surface area contributed by atoms with Gasteiger partial charge in [0.15, 0.2) is 6.10 Å². The van der Waals surface area contributed by atoms with Crippen LogP contribution < -0.4 is 0 Å². The van der Waals surface area contributed by atoms with Gasteiger partial charge in [-0.25, -0.2) is 14.4 Å². The lowest BCUT2D eigenvalue weighted by Gasteiger charge is -2.29. The number of carboxylic acid groups (broad SMARTS) is 1. The zero-order valence-corrected chi connectivity index (χ0v) is 13.1. The van der Waals surface area contributed by atoms with Crippen molar-refractivity contribution in [3.05, 3.63) is 0 Å². The van der Waals surface area contributed by atoms with Crippen LogP contribution in [0, 0.1) is 5.92 Å². The van der Waals surface area contributed by atoms with Crippen LogP contribution in [0.3, 0.4) is 0 Å². The number of amides is 1. The molecule has 1 saturated carbocycles. The van der Waals surface area contributed by atoms with E-state index in [0.717, 1.165) is 12.8 Å². The Morgan fingerprint density at radius 2 is 1.76 bits per heavy atom. The predicted molar refractivity (Wildman–Crippen MR) is 73.7 cm³/mol. The molecule has 0 bridgehead atoms. The molecule has 0 heterocycles. The molecular formula is C14H23NO6. The van der Waals surface area contributed by atoms with Gasteiger partial charge in [0.25, 0.3) is 0 Å². The molecule has 0 saturated heterocycles. The van der Waals surface area contributed by atoms with E-state index in [0.29, 0.717) is 0 Å². The van der Waals surface area contributed by atoms with Gasteiger partial charge in [-0.2, -0.15) is 0 Å². The highest BCUT2D eigenvalue weighted by Gasteiger charge is 2.43. The highest BCUT2D eigenvalue weighted by Crippen LogP contribution is 2.36. The summed E-state index contributed by atoms with van der Waals surface area (Å²) in [5, 5.41) is 8.79. The first-order chi connectivity index (χ1) is 9.53. The van der Waals surface area contributed by atoms with Gasteiger partial charge in [-0.05, 0) is 46.5 Å². The summed E-state index contributed by atoms with van der Waals surface area (Å²) in [7, 11) is 1.46. The van der Waals surface area contributed by atoms with E-state index in [9.17, 15) is 14.4 Å². The number of hydrogen-bond acceptors (Lipinski definition) is 5. The fourth-order valence-electron chi connectivity index (χ4n) is 1.82. The average Bonchev–Trinajstić information content (AvgIpc) is 3.10. The Bertz CT molecular complexity index is 424. The third kappa shape index (κ3) is 5.24. The fraction of sp³-hybridized carbons (Fsp3) is 0.786. The summed E-state index contributed by atoms with van der Waals surface area (Å²) in [5.41, 5.74) is -0.669. The highest BCUT2D eigenvalue weighted by molar-refractivity contribution is 5.84. The van der Waals surface area contributed by atoms with Crippen LogP contribution >= 0.6 is 0 Å². The van der Waals surface area contributed by atoms with Crippen molar-refractivity contribution in [3.63, 3.8) is 0 Å². The monoisotopic (exact) mass is 301 g/mol. The zero-order chi connectivity index (χ0) is 16.4. The number of carbonyl (C=O) groups excluding carboxylic acids is 2. The number of aliphatic carboxylic acids is 1. The van der Waals surface area contributed by atoms with Crippen LogP contribution in [0.5, 0.6) is 0 Å². The molecule has 1 N–H and O–H groups in total. The molecule has 1 fully saturated rings. The third-order valence-corrected chi connectivity index (χ3v) is 3.05. The molecule has 1 amide bonds. The molecule has 1 aliphatic rings. The van der Waals surface area contributed by atoms with Crippen LogP contribution in [0.2, 0.25) is 0 Å². The lowest BCUT2D eigenvalue weighted by atomic mass is 10.1. The summed E-state index contributed by atoms with van der Waals surface area (Å²) < 4.78 is 10.1. The summed E-state index contributed by atoms with van der Waals surface area (Å²) in [6, 6.07) is -0.804. The number of carboxylic acids is 1. The van der Waals surface area contributed by atoms with Crippen molar-refractivity contribution in [2.24, 2.45) is 5.92 Å². The minimum atomic E-state index is -1.24. The van der Waals surface area contributed by atoms with Gasteiger partial charge in [0, 0.05) is 7.05 Å². The zero-order valence-electron chi connectivity index (χ0n) is 13.1. The maximum Gasteiger partial charge on any atom is 0.410 e. The largest absolute Gasteiger partial charge is 0.479 e. The molecule has 1 aliphatic carbocycles. The molecule has 0 aromatic rings. The Labute approximate surface area is 124 Å². The fourth-order valence-corrected chi connectivity index (χ4v) is 1.82. The molecule has 0 radical (unpaired) electrons. The number of ether oxygens (including phenoxy) is 2. The van der Waals surface area contributed by atoms with Crippen molar-refractivity contribution in [3.8, 4) is 0 Å². The van der Waals surface area contributed by atoms with Crippen LogP contribution in [-0.4, -0.2) is 52.8 Å². The Balaban J connectivity index is 2.74. The number of esters is 1. The van der Waals surface area contributed by atoms with E-state index >= 15 is 0 Å². The Kier molecular flexibility index (Phi) is 5.20. The van der Waals surface area contributed by atoms with Gasteiger partial charge < -0.3 is 14.6 Å². The van der Waals surface area contributed by atoms with Crippen molar-refractivity contribution in [2.45, 2.75) is 58.3 Å². The second kappa shape index (κ2) is 6.32. The van der Waals surface area contributed by atoms with Gasteiger partial charge in [-0.1, -0.05) is 0 Å². The van der Waals surface area contributed by atoms with Crippen LogP contribution in [0.25, 0.3) is 0 Å². The summed E-state index contributed by atoms with van der Waals surface area (Å²) in [5.74, 6) is -1.94. The molecule has 2 atom stereocenters. The normalized spacial score (nSPS) is 17.6. The number of nitrogens with zero attached hydrogens (tertiary/aromatic N) is 1. The highest BCUT2D eigenvalue weighted by atomic mass is 16.6. The molecule has 0 aromatic carbocycles. The lowest BCUT2D eigenvalue weighted by molar-refractivity contribution is -0.166. The Morgan fingerprint density at radius 3 is 2.14 bits per heavy atom. The number of carbonyl (C=O) groups is 3. The number of rotatable bonds is 5. The molecule has 1 rings (SSSR count). The quantitative estimate of drug-likeness (QED) is 0.776. The van der Waals surface area contributed by atoms with E-state index in [1.54, 1.807) is 20.8 Å². The van der Waals surface area contributed by atoms with Gasteiger partial charge in [-0.15, -0.1) is 0 Å². The summed E-state index contributed by atoms with van der Waals surface area (Å²) in [6.07, 6.45) is -0.270. The van der Waals surface area contributed by atoms with Gasteiger partial charge in [0.1, 0.15) is 11.6 Å². The maximum atomic E-state index is 12.1. The Morgan fingerprint density at radius 1 is 1.24 bits per heavy atom. The van der Waals surface area contributed by atoms with E-state index < -0.39 is 35.8 Å². The van der Waals surface area contributed by atoms with E-state index in [1.807, 2.05) is 0 Å². The summed E-state index contributed by atoms with van der Waals surface area (Å²) in [4.78, 5) is 36.1. The summed E-state index contributed by atoms with van der Waals surface area (Å²) in [6.45, 7) is 6.47. The molecule has 21 heavy (non-hydrogen) atoms. The first kappa shape index (κ1) is 17.3. The molecule has 0 aromatic heterocycles. The van der Waals surface area contributed by atoms with Crippen LogP contribution in [0.4, 0.5) is 4.79 Å². The van der Waals surface area contributed by atoms with E-state index in [2.05, 4.69) is 0 Å². The number of likely N-dealkylation sites (N-methyl/N-ethyl adjacent to an activating group) is 1. The molecular weight excluding hydrogens is 278 g/mol. The van der Waals surface area contributed by atoms with E-state index in [-0.39, 0.29) is 5.92 Å². The molecule has 7 heteroatoms. The average molecular weight is 301 g/mol. The van der Waals surface area contributed by atoms with E-state index in [1.165, 1.54) is 18.9 Å². The van der Waals surface area contributed by atoms with Gasteiger partial charge in [-0.3, -0.25) is 4.90 Å². The third-order valence-electron chi connectivity index (χ3n) is 3.05. The van der Waals surface area contributed by atoms with Gasteiger partial charge in [0.05, 0.1) is 0 Å². The summed E-state index contributed by atoms with van der Waals surface area (Å²) >= 11 is 0. The van der Waals surface area contributed by atoms with Crippen molar-refractivity contribution < 1.29 is 29.0 Å². The molecule has 120 valence electrons. The lowest BCUT2D eigenvalue weighted by Crippen LogP contribution is -2.47. The minimum Gasteiger partial charge on any atom is -0.479 e.